The summed E-state index contributed by atoms with van der Waals surface area (Å²) in [4.78, 5) is 12.0. The van der Waals surface area contributed by atoms with Crippen LogP contribution in [0.25, 0.3) is 0 Å². The minimum atomic E-state index is -0.772. The number of hydrogen-bond acceptors (Lipinski definition) is 2. The monoisotopic (exact) mass is 281 g/mol. The van der Waals surface area contributed by atoms with Crippen molar-refractivity contribution in [3.63, 3.8) is 0 Å². The van der Waals surface area contributed by atoms with Crippen LogP contribution in [0.3, 0.4) is 0 Å². The van der Waals surface area contributed by atoms with E-state index < -0.39 is 6.10 Å². The van der Waals surface area contributed by atoms with Crippen LogP contribution in [0.15, 0.2) is 24.3 Å². The predicted molar refractivity (Wildman–Crippen MR) is 76.0 cm³/mol. The summed E-state index contributed by atoms with van der Waals surface area (Å²) < 4.78 is 0. The van der Waals surface area contributed by atoms with Crippen molar-refractivity contribution in [1.29, 1.82) is 0 Å². The minimum Gasteiger partial charge on any atom is -0.388 e. The molecule has 2 rings (SSSR count). The number of aliphatic hydroxyl groups is 1. The average Bonchev–Trinajstić information content (AvgIpc) is 2.34. The minimum absolute atomic E-state index is 0.0171. The second kappa shape index (κ2) is 5.93. The Hall–Kier alpha value is -1.06. The normalized spacial score (nSPS) is 18.5. The maximum Gasteiger partial charge on any atom is 0.223 e. The zero-order valence-electron chi connectivity index (χ0n) is 11.2. The first kappa shape index (κ1) is 14.4. The smallest absolute Gasteiger partial charge is 0.223 e. The van der Waals surface area contributed by atoms with Gasteiger partial charge in [0.15, 0.2) is 0 Å². The van der Waals surface area contributed by atoms with E-state index in [1.54, 1.807) is 24.3 Å². The van der Waals surface area contributed by atoms with Crippen molar-refractivity contribution >= 4 is 17.5 Å². The van der Waals surface area contributed by atoms with Crippen molar-refractivity contribution in [1.82, 2.24) is 5.32 Å². The van der Waals surface area contributed by atoms with Gasteiger partial charge in [0, 0.05) is 10.6 Å². The molecule has 1 aromatic carbocycles. The summed E-state index contributed by atoms with van der Waals surface area (Å²) in [6.07, 6.45) is 3.55. The Morgan fingerprint density at radius 2 is 2.05 bits per heavy atom. The summed E-state index contributed by atoms with van der Waals surface area (Å²) in [6.45, 7) is 2.09. The fourth-order valence-corrected chi connectivity index (χ4v) is 2.62. The van der Waals surface area contributed by atoms with Gasteiger partial charge in [-0.05, 0) is 43.4 Å². The predicted octanol–water partition coefficient (Wildman–Crippen LogP) is 3.21. The van der Waals surface area contributed by atoms with Gasteiger partial charge in [0.2, 0.25) is 5.91 Å². The number of nitrogens with one attached hydrogen (secondary N) is 1. The third-order valence-electron chi connectivity index (χ3n) is 4.03. The number of halogens is 1. The van der Waals surface area contributed by atoms with Crippen LogP contribution in [0.2, 0.25) is 5.02 Å². The van der Waals surface area contributed by atoms with Gasteiger partial charge >= 0.3 is 0 Å². The van der Waals surface area contributed by atoms with Crippen LogP contribution < -0.4 is 5.32 Å². The fraction of sp³-hybridized carbons (Fsp3) is 0.533. The van der Waals surface area contributed by atoms with Crippen LogP contribution in [0.5, 0.6) is 0 Å². The highest BCUT2D eigenvalue weighted by molar-refractivity contribution is 6.30. The van der Waals surface area contributed by atoms with Gasteiger partial charge in [0.25, 0.3) is 0 Å². The molecular weight excluding hydrogens is 262 g/mol. The van der Waals surface area contributed by atoms with E-state index >= 15 is 0 Å². The summed E-state index contributed by atoms with van der Waals surface area (Å²) in [5.74, 6) is -0.0796. The van der Waals surface area contributed by atoms with E-state index in [-0.39, 0.29) is 17.9 Å². The van der Waals surface area contributed by atoms with Gasteiger partial charge < -0.3 is 10.4 Å². The Morgan fingerprint density at radius 1 is 1.42 bits per heavy atom. The molecule has 0 bridgehead atoms. The first-order chi connectivity index (χ1) is 9.04. The third kappa shape index (κ3) is 3.48. The molecule has 3 nitrogen and oxygen atoms in total. The zero-order chi connectivity index (χ0) is 13.9. The number of amides is 1. The molecule has 0 aromatic heterocycles. The molecule has 0 saturated heterocycles. The van der Waals surface area contributed by atoms with Gasteiger partial charge in [-0.25, -0.2) is 0 Å². The molecule has 1 atom stereocenters. The highest BCUT2D eigenvalue weighted by Gasteiger charge is 2.36. The number of carbonyl (C=O) groups is 1. The summed E-state index contributed by atoms with van der Waals surface area (Å²) in [7, 11) is 0. The number of hydrogen-bond donors (Lipinski definition) is 2. The second-order valence-electron chi connectivity index (χ2n) is 5.31. The Labute approximate surface area is 119 Å². The van der Waals surface area contributed by atoms with Gasteiger partial charge in [-0.3, -0.25) is 4.79 Å². The Morgan fingerprint density at radius 3 is 2.53 bits per heavy atom. The maximum absolute atomic E-state index is 12.0. The number of aliphatic hydroxyl groups excluding tert-OH is 1. The molecule has 1 fully saturated rings. The molecule has 1 aromatic rings. The lowest BCUT2D eigenvalue weighted by Crippen LogP contribution is -2.53. The first-order valence-electron chi connectivity index (χ1n) is 6.79. The van der Waals surface area contributed by atoms with Gasteiger partial charge in [0.1, 0.15) is 0 Å². The van der Waals surface area contributed by atoms with Crippen molar-refractivity contribution in [2.75, 3.05) is 0 Å². The van der Waals surface area contributed by atoms with Crippen LogP contribution >= 0.6 is 11.6 Å². The Bertz CT molecular complexity index is 434. The molecule has 0 aliphatic heterocycles. The molecule has 1 amide bonds. The van der Waals surface area contributed by atoms with Crippen molar-refractivity contribution in [2.45, 2.75) is 50.7 Å². The van der Waals surface area contributed by atoms with Gasteiger partial charge in [0.05, 0.1) is 12.5 Å². The van der Waals surface area contributed by atoms with Gasteiger partial charge in [-0.1, -0.05) is 30.7 Å². The lowest BCUT2D eigenvalue weighted by Gasteiger charge is -2.42. The lowest BCUT2D eigenvalue weighted by molar-refractivity contribution is -0.126. The summed E-state index contributed by atoms with van der Waals surface area (Å²) in [5.41, 5.74) is 0.704. The van der Waals surface area contributed by atoms with E-state index in [1.807, 2.05) is 0 Å². The molecule has 104 valence electrons. The first-order valence-corrected chi connectivity index (χ1v) is 7.17. The molecule has 1 aliphatic carbocycles. The number of benzene rings is 1. The van der Waals surface area contributed by atoms with E-state index in [0.29, 0.717) is 5.02 Å². The van der Waals surface area contributed by atoms with E-state index in [0.717, 1.165) is 24.8 Å². The molecule has 4 heteroatoms. The van der Waals surface area contributed by atoms with Gasteiger partial charge in [-0.2, -0.15) is 0 Å². The number of rotatable bonds is 5. The average molecular weight is 282 g/mol. The van der Waals surface area contributed by atoms with Gasteiger partial charge in [-0.15, -0.1) is 0 Å². The molecular formula is C15H20ClNO2. The molecule has 1 aliphatic rings. The largest absolute Gasteiger partial charge is 0.388 e. The quantitative estimate of drug-likeness (QED) is 0.871. The van der Waals surface area contributed by atoms with Crippen LogP contribution in [-0.4, -0.2) is 16.6 Å². The highest BCUT2D eigenvalue weighted by atomic mass is 35.5. The SMILES string of the molecule is CCC1(NC(=O)CC(O)c2ccc(Cl)cc2)CCC1. The van der Waals surface area contributed by atoms with E-state index in [2.05, 4.69) is 12.2 Å². The van der Waals surface area contributed by atoms with Crippen molar-refractivity contribution < 1.29 is 9.90 Å². The summed E-state index contributed by atoms with van der Waals surface area (Å²) >= 11 is 5.79. The van der Waals surface area contributed by atoms with Crippen molar-refractivity contribution in [3.05, 3.63) is 34.9 Å². The third-order valence-corrected chi connectivity index (χ3v) is 4.28. The topological polar surface area (TPSA) is 49.3 Å². The Balaban J connectivity index is 1.89. The van der Waals surface area contributed by atoms with E-state index in [1.165, 1.54) is 6.42 Å². The maximum atomic E-state index is 12.0. The standard InChI is InChI=1S/C15H20ClNO2/c1-2-15(8-3-9-15)17-14(19)10-13(18)11-4-6-12(16)7-5-11/h4-7,13,18H,2-3,8-10H2,1H3,(H,17,19). The number of carbonyl (C=O) groups excluding carboxylic acids is 1. The van der Waals surface area contributed by atoms with Crippen LogP contribution in [0.1, 0.15) is 50.7 Å². The lowest BCUT2D eigenvalue weighted by atomic mass is 9.74. The van der Waals surface area contributed by atoms with Crippen LogP contribution in [-0.2, 0) is 4.79 Å². The highest BCUT2D eigenvalue weighted by Crippen LogP contribution is 2.34. The fourth-order valence-electron chi connectivity index (χ4n) is 2.50. The summed E-state index contributed by atoms with van der Waals surface area (Å²) in [6, 6.07) is 6.94. The summed E-state index contributed by atoms with van der Waals surface area (Å²) in [5, 5.41) is 13.7. The Kier molecular flexibility index (Phi) is 4.48. The molecule has 0 radical (unpaired) electrons. The zero-order valence-corrected chi connectivity index (χ0v) is 11.9. The van der Waals surface area contributed by atoms with E-state index in [9.17, 15) is 9.90 Å². The molecule has 19 heavy (non-hydrogen) atoms. The second-order valence-corrected chi connectivity index (χ2v) is 5.74. The van der Waals surface area contributed by atoms with Crippen LogP contribution in [0, 0.1) is 0 Å². The molecule has 0 spiro atoms. The molecule has 0 heterocycles. The molecule has 2 N–H and O–H groups in total. The van der Waals surface area contributed by atoms with E-state index in [4.69, 9.17) is 11.6 Å². The molecule has 1 saturated carbocycles. The van der Waals surface area contributed by atoms with Crippen LogP contribution in [0.4, 0.5) is 0 Å². The van der Waals surface area contributed by atoms with Crippen molar-refractivity contribution in [2.24, 2.45) is 0 Å². The molecule has 1 unspecified atom stereocenters. The van der Waals surface area contributed by atoms with Crippen molar-refractivity contribution in [3.8, 4) is 0 Å².